The molecule has 0 unspecified atom stereocenters. The molecule has 0 atom stereocenters. The van der Waals surface area contributed by atoms with Gasteiger partial charge in [-0.2, -0.15) is 0 Å². The van der Waals surface area contributed by atoms with E-state index in [1.165, 1.54) is 14.2 Å². The lowest BCUT2D eigenvalue weighted by molar-refractivity contribution is 0.358. The van der Waals surface area contributed by atoms with Gasteiger partial charge in [0, 0.05) is 22.4 Å². The van der Waals surface area contributed by atoms with Crippen LogP contribution >= 0.6 is 0 Å². The van der Waals surface area contributed by atoms with Crippen LogP contribution in [-0.2, 0) is 0 Å². The molecule has 3 aromatic heterocycles. The smallest absolute Gasteiger partial charge is 0.267 e. The van der Waals surface area contributed by atoms with Gasteiger partial charge in [-0.1, -0.05) is 0 Å². The summed E-state index contributed by atoms with van der Waals surface area (Å²) >= 11 is 0. The molecule has 0 amide bonds. The summed E-state index contributed by atoms with van der Waals surface area (Å²) in [5, 5.41) is 12.7. The van der Waals surface area contributed by atoms with Crippen molar-refractivity contribution in [3.8, 4) is 17.2 Å². The summed E-state index contributed by atoms with van der Waals surface area (Å²) < 4.78 is 12.5. The van der Waals surface area contributed by atoms with Crippen LogP contribution in [-0.4, -0.2) is 28.7 Å². The van der Waals surface area contributed by atoms with E-state index in [0.717, 1.165) is 16.3 Å². The first kappa shape index (κ1) is 14.8. The van der Waals surface area contributed by atoms with Gasteiger partial charge >= 0.3 is 0 Å². The minimum atomic E-state index is -0.207. The maximum absolute atomic E-state index is 13.4. The Morgan fingerprint density at radius 3 is 2.62 bits per heavy atom. The Balaban J connectivity index is 2.19. The monoisotopic (exact) mass is 346 g/mol. The lowest BCUT2D eigenvalue weighted by Gasteiger charge is -2.12. The molecule has 0 fully saturated rings. The summed E-state index contributed by atoms with van der Waals surface area (Å²) in [4.78, 5) is 18.0. The quantitative estimate of drug-likeness (QED) is 0.497. The van der Waals surface area contributed by atoms with E-state index in [2.05, 4.69) is 4.98 Å². The maximum Gasteiger partial charge on any atom is 0.267 e. The van der Waals surface area contributed by atoms with E-state index in [0.29, 0.717) is 33.3 Å². The molecule has 26 heavy (non-hydrogen) atoms. The first-order valence-electron chi connectivity index (χ1n) is 8.08. The second-order valence-electron chi connectivity index (χ2n) is 6.12. The minimum Gasteiger partial charge on any atom is -0.508 e. The molecule has 128 valence electrons. The molecule has 0 bridgehead atoms. The highest BCUT2D eigenvalue weighted by Crippen LogP contribution is 2.39. The van der Waals surface area contributed by atoms with Gasteiger partial charge in [-0.05, 0) is 36.4 Å². The van der Waals surface area contributed by atoms with E-state index < -0.39 is 0 Å². The van der Waals surface area contributed by atoms with Crippen molar-refractivity contribution in [1.82, 2.24) is 9.38 Å². The highest BCUT2D eigenvalue weighted by molar-refractivity contribution is 6.19. The summed E-state index contributed by atoms with van der Waals surface area (Å²) in [7, 11) is 3.05. The molecule has 2 aromatic carbocycles. The van der Waals surface area contributed by atoms with Gasteiger partial charge in [0.05, 0.1) is 36.2 Å². The fourth-order valence-electron chi connectivity index (χ4n) is 3.81. The highest BCUT2D eigenvalue weighted by Gasteiger charge is 2.21. The number of fused-ring (bicyclic) bond motifs is 5. The Kier molecular flexibility index (Phi) is 2.83. The Hall–Kier alpha value is -3.54. The molecule has 0 saturated heterocycles. The zero-order valence-corrected chi connectivity index (χ0v) is 14.1. The normalized spacial score (nSPS) is 11.8. The van der Waals surface area contributed by atoms with Crippen LogP contribution in [0.2, 0.25) is 0 Å². The number of ether oxygens (including phenoxy) is 2. The molecule has 3 heterocycles. The van der Waals surface area contributed by atoms with Crippen LogP contribution in [0.3, 0.4) is 0 Å². The van der Waals surface area contributed by atoms with Crippen molar-refractivity contribution in [2.75, 3.05) is 14.2 Å². The predicted molar refractivity (Wildman–Crippen MR) is 99.9 cm³/mol. The molecule has 6 nitrogen and oxygen atoms in total. The summed E-state index contributed by atoms with van der Waals surface area (Å²) in [6.45, 7) is 0. The van der Waals surface area contributed by atoms with Crippen molar-refractivity contribution in [3.05, 3.63) is 52.9 Å². The molecule has 0 aliphatic carbocycles. The standard InChI is InChI=1S/C20H14N2O4/c1-25-15-6-4-12-16(19(15)26-2)20(24)22-14-5-3-10(23)9-13(14)11-7-8-21-17(12)18(11)22/h3-9,23H,1-2H3. The molecular weight excluding hydrogens is 332 g/mol. The maximum atomic E-state index is 13.4. The first-order chi connectivity index (χ1) is 12.7. The van der Waals surface area contributed by atoms with E-state index in [-0.39, 0.29) is 11.3 Å². The Labute approximate surface area is 147 Å². The molecule has 0 radical (unpaired) electrons. The Bertz CT molecular complexity index is 1390. The van der Waals surface area contributed by atoms with Crippen LogP contribution in [0.15, 0.2) is 47.4 Å². The van der Waals surface area contributed by atoms with Gasteiger partial charge in [0.15, 0.2) is 11.5 Å². The molecule has 6 heteroatoms. The topological polar surface area (TPSA) is 73.1 Å². The minimum absolute atomic E-state index is 0.151. The van der Waals surface area contributed by atoms with Crippen LogP contribution in [0.4, 0.5) is 0 Å². The van der Waals surface area contributed by atoms with Gasteiger partial charge in [-0.3, -0.25) is 14.2 Å². The lowest BCUT2D eigenvalue weighted by atomic mass is 10.1. The molecular formula is C20H14N2O4. The van der Waals surface area contributed by atoms with E-state index >= 15 is 0 Å². The summed E-state index contributed by atoms with van der Waals surface area (Å²) in [5.41, 5.74) is 1.95. The third-order valence-electron chi connectivity index (χ3n) is 4.88. The SMILES string of the molecule is COc1ccc2c(c1OC)c(=O)n1c3ccc(O)cc3c3ccnc2c31. The molecule has 1 N–H and O–H groups in total. The van der Waals surface area contributed by atoms with Crippen molar-refractivity contribution in [1.29, 1.82) is 0 Å². The molecule has 0 spiro atoms. The fourth-order valence-corrected chi connectivity index (χ4v) is 3.81. The lowest BCUT2D eigenvalue weighted by Crippen LogP contribution is -2.14. The van der Waals surface area contributed by atoms with Crippen molar-refractivity contribution >= 4 is 38.1 Å². The largest absolute Gasteiger partial charge is 0.508 e. The first-order valence-corrected chi connectivity index (χ1v) is 8.08. The Morgan fingerprint density at radius 2 is 1.85 bits per heavy atom. The molecule has 5 aromatic rings. The number of rotatable bonds is 2. The number of phenolic OH excluding ortho intramolecular Hbond substituents is 1. The second-order valence-corrected chi connectivity index (χ2v) is 6.12. The zero-order chi connectivity index (χ0) is 18.0. The number of pyridine rings is 2. The fraction of sp³-hybridized carbons (Fsp3) is 0.100. The molecule has 5 rings (SSSR count). The van der Waals surface area contributed by atoms with Crippen LogP contribution in [0.25, 0.3) is 38.1 Å². The number of benzene rings is 2. The van der Waals surface area contributed by atoms with Crippen molar-refractivity contribution < 1.29 is 14.6 Å². The third-order valence-corrected chi connectivity index (χ3v) is 4.88. The van der Waals surface area contributed by atoms with Crippen molar-refractivity contribution in [2.24, 2.45) is 0 Å². The second kappa shape index (κ2) is 4.98. The van der Waals surface area contributed by atoms with Crippen LogP contribution < -0.4 is 15.0 Å². The van der Waals surface area contributed by atoms with Gasteiger partial charge in [0.1, 0.15) is 5.75 Å². The number of nitrogens with zero attached hydrogens (tertiary/aromatic N) is 2. The van der Waals surface area contributed by atoms with E-state index in [1.54, 1.807) is 34.9 Å². The molecule has 0 aliphatic rings. The zero-order valence-electron chi connectivity index (χ0n) is 14.1. The van der Waals surface area contributed by atoms with Crippen LogP contribution in [0.5, 0.6) is 17.2 Å². The van der Waals surface area contributed by atoms with Gasteiger partial charge in [0.25, 0.3) is 5.56 Å². The average molecular weight is 346 g/mol. The number of methoxy groups -OCH3 is 2. The van der Waals surface area contributed by atoms with Crippen LogP contribution in [0, 0.1) is 0 Å². The van der Waals surface area contributed by atoms with E-state index in [4.69, 9.17) is 9.47 Å². The molecule has 0 aliphatic heterocycles. The van der Waals surface area contributed by atoms with Gasteiger partial charge in [0.2, 0.25) is 0 Å². The van der Waals surface area contributed by atoms with Gasteiger partial charge in [-0.25, -0.2) is 0 Å². The van der Waals surface area contributed by atoms with Gasteiger partial charge < -0.3 is 14.6 Å². The summed E-state index contributed by atoms with van der Waals surface area (Å²) in [6, 6.07) is 10.4. The summed E-state index contributed by atoms with van der Waals surface area (Å²) in [5.74, 6) is 1.03. The number of hydrogen-bond donors (Lipinski definition) is 1. The van der Waals surface area contributed by atoms with E-state index in [9.17, 15) is 9.90 Å². The summed E-state index contributed by atoms with van der Waals surface area (Å²) in [6.07, 6.45) is 1.71. The number of hydrogen-bond acceptors (Lipinski definition) is 5. The Morgan fingerprint density at radius 1 is 1.00 bits per heavy atom. The van der Waals surface area contributed by atoms with Crippen molar-refractivity contribution in [2.45, 2.75) is 0 Å². The third kappa shape index (κ3) is 1.65. The number of aromatic nitrogens is 2. The van der Waals surface area contributed by atoms with Crippen molar-refractivity contribution in [3.63, 3.8) is 0 Å². The number of phenols is 1. The average Bonchev–Trinajstić information content (AvgIpc) is 2.99. The van der Waals surface area contributed by atoms with Gasteiger partial charge in [-0.15, -0.1) is 0 Å². The van der Waals surface area contributed by atoms with Crippen LogP contribution in [0.1, 0.15) is 0 Å². The molecule has 0 saturated carbocycles. The highest BCUT2D eigenvalue weighted by atomic mass is 16.5. The van der Waals surface area contributed by atoms with E-state index in [1.807, 2.05) is 12.1 Å². The predicted octanol–water partition coefficient (Wildman–Crippen LogP) is 3.31. The number of aromatic hydroxyl groups is 1.